The first kappa shape index (κ1) is 14.1. The lowest BCUT2D eigenvalue weighted by molar-refractivity contribution is 0.115. The second-order valence-corrected chi connectivity index (χ2v) is 6.76. The van der Waals surface area contributed by atoms with E-state index < -0.39 is 0 Å². The molecule has 0 heterocycles. The molecule has 1 fully saturated rings. The minimum Gasteiger partial charge on any atom is -0.0651 e. The minimum atomic E-state index is 0.904. The van der Waals surface area contributed by atoms with E-state index in [0.717, 1.165) is 35.5 Å². The van der Waals surface area contributed by atoms with E-state index in [4.69, 9.17) is 0 Å². The van der Waals surface area contributed by atoms with Gasteiger partial charge in [-0.2, -0.15) is 0 Å². The summed E-state index contributed by atoms with van der Waals surface area (Å²) in [6, 6.07) is 0. The molecule has 0 nitrogen and oxygen atoms in total. The second kappa shape index (κ2) is 6.07. The average Bonchev–Trinajstić information content (AvgIpc) is 2.24. The van der Waals surface area contributed by atoms with Crippen molar-refractivity contribution < 1.29 is 0 Å². The molecule has 0 radical (unpaired) electrons. The Morgan fingerprint density at radius 1 is 0.875 bits per heavy atom. The maximum absolute atomic E-state index is 2.48. The average molecular weight is 224 g/mol. The molecule has 0 aliphatic heterocycles. The van der Waals surface area contributed by atoms with E-state index in [-0.39, 0.29) is 0 Å². The van der Waals surface area contributed by atoms with E-state index in [2.05, 4.69) is 41.5 Å². The molecule has 1 saturated carbocycles. The molecule has 1 rings (SSSR count). The Bertz CT molecular complexity index is 196. The van der Waals surface area contributed by atoms with Gasteiger partial charge in [0, 0.05) is 0 Å². The lowest BCUT2D eigenvalue weighted by Crippen LogP contribution is -2.29. The Hall–Kier alpha value is 0. The Kier molecular flexibility index (Phi) is 5.34. The zero-order chi connectivity index (χ0) is 12.3. The molecule has 0 heteroatoms. The van der Waals surface area contributed by atoms with E-state index in [9.17, 15) is 0 Å². The predicted molar refractivity (Wildman–Crippen MR) is 73.5 cm³/mol. The highest BCUT2D eigenvalue weighted by atomic mass is 14.4. The minimum absolute atomic E-state index is 0.904. The van der Waals surface area contributed by atoms with Gasteiger partial charge in [-0.25, -0.2) is 0 Å². The van der Waals surface area contributed by atoms with Crippen molar-refractivity contribution in [1.29, 1.82) is 0 Å². The van der Waals surface area contributed by atoms with Crippen molar-refractivity contribution in [2.45, 2.75) is 67.2 Å². The van der Waals surface area contributed by atoms with Crippen LogP contribution in [0.15, 0.2) is 0 Å². The summed E-state index contributed by atoms with van der Waals surface area (Å²) in [7, 11) is 0. The molecule has 96 valence electrons. The molecule has 1 aliphatic carbocycles. The van der Waals surface area contributed by atoms with Crippen molar-refractivity contribution in [1.82, 2.24) is 0 Å². The maximum Gasteiger partial charge on any atom is -0.0383 e. The van der Waals surface area contributed by atoms with Gasteiger partial charge in [-0.1, -0.05) is 48.0 Å². The summed E-state index contributed by atoms with van der Waals surface area (Å²) in [6.07, 6.45) is 5.74. The van der Waals surface area contributed by atoms with Crippen LogP contribution < -0.4 is 0 Å². The third-order valence-corrected chi connectivity index (χ3v) is 5.48. The fraction of sp³-hybridized carbons (Fsp3) is 1.00. The molecule has 6 atom stereocenters. The Labute approximate surface area is 103 Å². The Morgan fingerprint density at radius 2 is 1.44 bits per heavy atom. The molecular formula is C16H32. The summed E-state index contributed by atoms with van der Waals surface area (Å²) in [4.78, 5) is 0. The smallest absolute Gasteiger partial charge is 0.0383 e. The molecule has 6 unspecified atom stereocenters. The van der Waals surface area contributed by atoms with E-state index in [1.807, 2.05) is 0 Å². The first-order valence-electron chi connectivity index (χ1n) is 7.45. The van der Waals surface area contributed by atoms with Crippen LogP contribution in [-0.2, 0) is 0 Å². The fourth-order valence-corrected chi connectivity index (χ4v) is 3.39. The van der Waals surface area contributed by atoms with Crippen LogP contribution in [0, 0.1) is 35.5 Å². The highest BCUT2D eigenvalue weighted by molar-refractivity contribution is 4.81. The van der Waals surface area contributed by atoms with Gasteiger partial charge in [-0.3, -0.25) is 0 Å². The highest BCUT2D eigenvalue weighted by Gasteiger charge is 2.31. The van der Waals surface area contributed by atoms with Gasteiger partial charge in [-0.15, -0.1) is 0 Å². The summed E-state index contributed by atoms with van der Waals surface area (Å²) in [5.41, 5.74) is 0. The van der Waals surface area contributed by atoms with Crippen molar-refractivity contribution in [2.75, 3.05) is 0 Å². The van der Waals surface area contributed by atoms with Gasteiger partial charge in [0.25, 0.3) is 0 Å². The normalized spacial score (nSPS) is 39.4. The fourth-order valence-electron chi connectivity index (χ4n) is 3.39. The maximum atomic E-state index is 2.48. The predicted octanol–water partition coefficient (Wildman–Crippen LogP) is 5.38. The monoisotopic (exact) mass is 224 g/mol. The van der Waals surface area contributed by atoms with Crippen molar-refractivity contribution in [3.63, 3.8) is 0 Å². The summed E-state index contributed by atoms with van der Waals surface area (Å²) in [5, 5.41) is 0. The molecule has 0 amide bonds. The van der Waals surface area contributed by atoms with Crippen LogP contribution in [-0.4, -0.2) is 0 Å². The van der Waals surface area contributed by atoms with Crippen molar-refractivity contribution >= 4 is 0 Å². The zero-order valence-corrected chi connectivity index (χ0v) is 12.3. The van der Waals surface area contributed by atoms with Crippen LogP contribution in [0.1, 0.15) is 67.2 Å². The van der Waals surface area contributed by atoms with E-state index >= 15 is 0 Å². The summed E-state index contributed by atoms with van der Waals surface area (Å²) < 4.78 is 0. The van der Waals surface area contributed by atoms with E-state index in [0.29, 0.717) is 0 Å². The van der Waals surface area contributed by atoms with Gasteiger partial charge < -0.3 is 0 Å². The summed E-state index contributed by atoms with van der Waals surface area (Å²) >= 11 is 0. The number of hydrogen-bond donors (Lipinski definition) is 0. The molecule has 0 saturated heterocycles. The number of hydrogen-bond acceptors (Lipinski definition) is 0. The van der Waals surface area contributed by atoms with E-state index in [1.54, 1.807) is 0 Å². The van der Waals surface area contributed by atoms with Crippen LogP contribution in [0.2, 0.25) is 0 Å². The van der Waals surface area contributed by atoms with Crippen molar-refractivity contribution in [2.24, 2.45) is 35.5 Å². The van der Waals surface area contributed by atoms with Crippen LogP contribution in [0.5, 0.6) is 0 Å². The Balaban J connectivity index is 2.47. The van der Waals surface area contributed by atoms with Crippen molar-refractivity contribution in [3.8, 4) is 0 Å². The lowest BCUT2D eigenvalue weighted by Gasteiger charge is -2.39. The quantitative estimate of drug-likeness (QED) is 0.601. The summed E-state index contributed by atoms with van der Waals surface area (Å²) in [6.45, 7) is 14.6. The van der Waals surface area contributed by atoms with Crippen LogP contribution >= 0.6 is 0 Å². The SMILES string of the molecule is CCC(C)C(C)CC1CC(C)C(C)CC1C. The molecule has 0 bridgehead atoms. The van der Waals surface area contributed by atoms with Gasteiger partial charge >= 0.3 is 0 Å². The van der Waals surface area contributed by atoms with Crippen LogP contribution in [0.25, 0.3) is 0 Å². The molecule has 0 aromatic rings. The van der Waals surface area contributed by atoms with Crippen LogP contribution in [0.3, 0.4) is 0 Å². The first-order chi connectivity index (χ1) is 7.45. The largest absolute Gasteiger partial charge is 0.0651 e. The molecule has 0 spiro atoms. The molecule has 0 N–H and O–H groups in total. The lowest BCUT2D eigenvalue weighted by atomic mass is 9.67. The van der Waals surface area contributed by atoms with Gasteiger partial charge in [0.1, 0.15) is 0 Å². The zero-order valence-electron chi connectivity index (χ0n) is 12.3. The third-order valence-electron chi connectivity index (χ3n) is 5.48. The summed E-state index contributed by atoms with van der Waals surface area (Å²) in [5.74, 6) is 5.67. The van der Waals surface area contributed by atoms with Crippen LogP contribution in [0.4, 0.5) is 0 Å². The molecule has 1 aliphatic rings. The van der Waals surface area contributed by atoms with Gasteiger partial charge in [0.05, 0.1) is 0 Å². The van der Waals surface area contributed by atoms with E-state index in [1.165, 1.54) is 25.7 Å². The highest BCUT2D eigenvalue weighted by Crippen LogP contribution is 2.41. The third kappa shape index (κ3) is 3.50. The number of rotatable bonds is 4. The first-order valence-corrected chi connectivity index (χ1v) is 7.45. The molecular weight excluding hydrogens is 192 g/mol. The Morgan fingerprint density at radius 3 is 2.00 bits per heavy atom. The van der Waals surface area contributed by atoms with Gasteiger partial charge in [0.15, 0.2) is 0 Å². The topological polar surface area (TPSA) is 0 Å². The van der Waals surface area contributed by atoms with Crippen molar-refractivity contribution in [3.05, 3.63) is 0 Å². The molecule has 16 heavy (non-hydrogen) atoms. The second-order valence-electron chi connectivity index (χ2n) is 6.76. The van der Waals surface area contributed by atoms with Gasteiger partial charge in [0.2, 0.25) is 0 Å². The molecule has 0 aromatic heterocycles. The standard InChI is InChI=1S/C16H32/c1-7-11(2)13(4)9-16-10-14(5)12(3)8-15(16)6/h11-16H,7-10H2,1-6H3. The molecule has 0 aromatic carbocycles. The van der Waals surface area contributed by atoms with Gasteiger partial charge in [-0.05, 0) is 54.8 Å².